The normalized spacial score (nSPS) is 16.7. The molecule has 0 saturated carbocycles. The highest BCUT2D eigenvalue weighted by atomic mass is 16.1. The van der Waals surface area contributed by atoms with E-state index in [-0.39, 0.29) is 11.9 Å². The summed E-state index contributed by atoms with van der Waals surface area (Å²) >= 11 is 0. The third-order valence-corrected chi connectivity index (χ3v) is 3.32. The van der Waals surface area contributed by atoms with Gasteiger partial charge in [0, 0.05) is 36.4 Å². The molecule has 1 aromatic carbocycles. The monoisotopic (exact) mass is 281 g/mol. The molecule has 4 heteroatoms. The van der Waals surface area contributed by atoms with Crippen LogP contribution in [0.4, 0.5) is 5.69 Å². The van der Waals surface area contributed by atoms with Crippen molar-refractivity contribution in [3.8, 4) is 12.5 Å². The van der Waals surface area contributed by atoms with Gasteiger partial charge in [-0.2, -0.15) is 0 Å². The second kappa shape index (κ2) is 7.20. The minimum Gasteiger partial charge on any atom is -0.399 e. The van der Waals surface area contributed by atoms with Crippen LogP contribution in [0.25, 0.3) is 0 Å². The van der Waals surface area contributed by atoms with Crippen molar-refractivity contribution in [3.63, 3.8) is 0 Å². The zero-order chi connectivity index (χ0) is 15.1. The maximum absolute atomic E-state index is 12.3. The van der Waals surface area contributed by atoms with E-state index in [1.54, 1.807) is 36.4 Å². The molecule has 0 aliphatic carbocycles. The number of rotatable bonds is 2. The predicted octanol–water partition coefficient (Wildman–Crippen LogP) is 1.79. The standard InChI is InChI=1S/C17H19N3O/c1-2-20-12-11-16(13-20)19-17(21)14-7-3-5-9-15(18)10-6-4-8-14/h1,3-10,16H,11-13,18H2,(H,19,21)/t16-/m1/s1. The Morgan fingerprint density at radius 3 is 2.43 bits per heavy atom. The second-order valence-electron chi connectivity index (χ2n) is 4.93. The average Bonchev–Trinajstić information content (AvgIpc) is 2.93. The number of nitrogens with two attached hydrogens (primary N) is 1. The molecule has 108 valence electrons. The van der Waals surface area contributed by atoms with Crippen molar-refractivity contribution >= 4 is 11.6 Å². The van der Waals surface area contributed by atoms with Crippen LogP contribution in [0.3, 0.4) is 0 Å². The molecule has 1 amide bonds. The molecular weight excluding hydrogens is 262 g/mol. The number of anilines is 1. The van der Waals surface area contributed by atoms with E-state index in [1.165, 1.54) is 0 Å². The van der Waals surface area contributed by atoms with Gasteiger partial charge in [-0.25, -0.2) is 0 Å². The molecule has 1 aromatic rings. The van der Waals surface area contributed by atoms with Gasteiger partial charge in [-0.3, -0.25) is 4.79 Å². The van der Waals surface area contributed by atoms with Crippen LogP contribution in [-0.4, -0.2) is 29.9 Å². The third kappa shape index (κ3) is 4.43. The van der Waals surface area contributed by atoms with Crippen LogP contribution in [0.5, 0.6) is 0 Å². The van der Waals surface area contributed by atoms with E-state index in [9.17, 15) is 4.79 Å². The fourth-order valence-corrected chi connectivity index (χ4v) is 2.18. The lowest BCUT2D eigenvalue weighted by atomic mass is 10.2. The smallest absolute Gasteiger partial charge is 0.251 e. The molecule has 4 nitrogen and oxygen atoms in total. The summed E-state index contributed by atoms with van der Waals surface area (Å²) in [5, 5.41) is 3.01. The molecule has 3 N–H and O–H groups in total. The molecular formula is C17H19N3O. The second-order valence-corrected chi connectivity index (χ2v) is 4.93. The van der Waals surface area contributed by atoms with E-state index in [1.807, 2.05) is 17.0 Å². The number of likely N-dealkylation sites (tertiary alicyclic amines) is 1. The molecule has 1 aliphatic heterocycles. The molecule has 1 aliphatic rings. The summed E-state index contributed by atoms with van der Waals surface area (Å²) < 4.78 is 0. The Hall–Kier alpha value is -2.67. The van der Waals surface area contributed by atoms with Gasteiger partial charge in [0.1, 0.15) is 0 Å². The molecule has 1 fully saturated rings. The van der Waals surface area contributed by atoms with E-state index >= 15 is 0 Å². The van der Waals surface area contributed by atoms with Crippen molar-refractivity contribution in [1.82, 2.24) is 10.2 Å². The molecule has 1 heterocycles. The van der Waals surface area contributed by atoms with Crippen molar-refractivity contribution in [2.24, 2.45) is 0 Å². The topological polar surface area (TPSA) is 58.4 Å². The molecule has 0 bridgehead atoms. The van der Waals surface area contributed by atoms with Crippen LogP contribution < -0.4 is 11.1 Å². The van der Waals surface area contributed by atoms with E-state index in [0.29, 0.717) is 17.8 Å². The van der Waals surface area contributed by atoms with E-state index in [4.69, 9.17) is 12.2 Å². The zero-order valence-electron chi connectivity index (χ0n) is 11.8. The quantitative estimate of drug-likeness (QED) is 0.813. The Labute approximate surface area is 125 Å². The maximum Gasteiger partial charge on any atom is 0.251 e. The number of nitrogens with zero attached hydrogens (tertiary/aromatic N) is 1. The molecule has 1 saturated heterocycles. The molecule has 2 rings (SSSR count). The minimum atomic E-state index is -0.0919. The fraction of sp³-hybridized carbons (Fsp3) is 0.235. The van der Waals surface area contributed by atoms with Crippen LogP contribution in [0.2, 0.25) is 0 Å². The fourth-order valence-electron chi connectivity index (χ4n) is 2.18. The van der Waals surface area contributed by atoms with E-state index in [2.05, 4.69) is 11.4 Å². The van der Waals surface area contributed by atoms with Crippen molar-refractivity contribution in [3.05, 3.63) is 54.1 Å². The Kier molecular flexibility index (Phi) is 5.05. The van der Waals surface area contributed by atoms with Gasteiger partial charge >= 0.3 is 0 Å². The summed E-state index contributed by atoms with van der Waals surface area (Å²) in [5.74, 6) is -0.0919. The van der Waals surface area contributed by atoms with Crippen molar-refractivity contribution in [1.29, 1.82) is 0 Å². The average molecular weight is 281 g/mol. The predicted molar refractivity (Wildman–Crippen MR) is 84.8 cm³/mol. The minimum absolute atomic E-state index is 0.0919. The molecule has 21 heavy (non-hydrogen) atoms. The summed E-state index contributed by atoms with van der Waals surface area (Å²) in [6.45, 7) is 1.53. The van der Waals surface area contributed by atoms with Crippen molar-refractivity contribution in [2.45, 2.75) is 12.5 Å². The summed E-state index contributed by atoms with van der Waals surface area (Å²) in [6, 6.07) is 17.0. The first-order valence-corrected chi connectivity index (χ1v) is 6.90. The van der Waals surface area contributed by atoms with Crippen LogP contribution >= 0.6 is 0 Å². The lowest BCUT2D eigenvalue weighted by Crippen LogP contribution is -2.36. The van der Waals surface area contributed by atoms with Gasteiger partial charge in [-0.05, 0) is 30.7 Å². The molecule has 1 atom stereocenters. The first kappa shape index (κ1) is 14.7. The van der Waals surface area contributed by atoms with Crippen molar-refractivity contribution in [2.75, 3.05) is 18.8 Å². The Balaban J connectivity index is 2.10. The Morgan fingerprint density at radius 2 is 1.86 bits per heavy atom. The summed E-state index contributed by atoms with van der Waals surface area (Å²) in [5.41, 5.74) is 6.99. The highest BCUT2D eigenvalue weighted by molar-refractivity contribution is 5.94. The van der Waals surface area contributed by atoms with Crippen LogP contribution in [-0.2, 0) is 0 Å². The van der Waals surface area contributed by atoms with Gasteiger partial charge in [0.2, 0.25) is 0 Å². The summed E-state index contributed by atoms with van der Waals surface area (Å²) in [6.07, 6.45) is 6.24. The third-order valence-electron chi connectivity index (χ3n) is 3.32. The van der Waals surface area contributed by atoms with E-state index in [0.717, 1.165) is 13.0 Å². The van der Waals surface area contributed by atoms with Gasteiger partial charge in [0.05, 0.1) is 0 Å². The largest absolute Gasteiger partial charge is 0.399 e. The highest BCUT2D eigenvalue weighted by Crippen LogP contribution is 2.08. The molecule has 0 spiro atoms. The molecule has 0 aromatic heterocycles. The van der Waals surface area contributed by atoms with Crippen molar-refractivity contribution < 1.29 is 4.79 Å². The van der Waals surface area contributed by atoms with Gasteiger partial charge in [0.25, 0.3) is 5.91 Å². The van der Waals surface area contributed by atoms with Gasteiger partial charge in [0.15, 0.2) is 0 Å². The molecule has 0 unspecified atom stereocenters. The number of hydrogen-bond acceptors (Lipinski definition) is 3. The first-order valence-electron chi connectivity index (χ1n) is 6.90. The van der Waals surface area contributed by atoms with Crippen LogP contribution in [0.15, 0.2) is 48.5 Å². The van der Waals surface area contributed by atoms with Gasteiger partial charge < -0.3 is 16.0 Å². The zero-order valence-corrected chi connectivity index (χ0v) is 11.8. The number of nitrogens with one attached hydrogen (secondary N) is 1. The first-order chi connectivity index (χ1) is 10.2. The van der Waals surface area contributed by atoms with E-state index < -0.39 is 0 Å². The molecule has 0 radical (unpaired) electrons. The number of hydrogen-bond donors (Lipinski definition) is 2. The van der Waals surface area contributed by atoms with Gasteiger partial charge in [-0.1, -0.05) is 30.7 Å². The lowest BCUT2D eigenvalue weighted by Gasteiger charge is -2.12. The number of amides is 1. The Bertz CT molecular complexity index is 577. The van der Waals surface area contributed by atoms with Gasteiger partial charge in [-0.15, -0.1) is 0 Å². The number of terminal acetylenes is 1. The number of carbonyl (C=O) groups is 1. The highest BCUT2D eigenvalue weighted by Gasteiger charge is 2.22. The SMILES string of the molecule is C#CN1CC[C@@H](NC(=O)c2ccccc(N)cccc2)C1. The summed E-state index contributed by atoms with van der Waals surface area (Å²) in [7, 11) is 0. The lowest BCUT2D eigenvalue weighted by molar-refractivity contribution is 0.0939. The number of carbonyl (C=O) groups excluding carboxylic acids is 1. The number of nitrogen functional groups attached to an aromatic ring is 1. The summed E-state index contributed by atoms with van der Waals surface area (Å²) in [4.78, 5) is 14.2. The Morgan fingerprint density at radius 1 is 1.24 bits per heavy atom. The van der Waals surface area contributed by atoms with Crippen LogP contribution in [0.1, 0.15) is 16.8 Å². The maximum atomic E-state index is 12.3. The van der Waals surface area contributed by atoms with Crippen LogP contribution in [0, 0.1) is 12.5 Å².